The van der Waals surface area contributed by atoms with E-state index in [0.717, 1.165) is 15.8 Å². The van der Waals surface area contributed by atoms with E-state index in [-0.39, 0.29) is 41.3 Å². The first-order valence-corrected chi connectivity index (χ1v) is 13.1. The van der Waals surface area contributed by atoms with E-state index in [1.165, 1.54) is 19.2 Å². The first-order valence-electron chi connectivity index (χ1n) is 10.3. The fourth-order valence-corrected chi connectivity index (χ4v) is 5.59. The van der Waals surface area contributed by atoms with Crippen molar-refractivity contribution in [2.75, 3.05) is 27.7 Å². The van der Waals surface area contributed by atoms with Crippen LogP contribution in [0.4, 0.5) is 15.8 Å². The molecule has 2 aromatic heterocycles. The number of sulfone groups is 1. The number of nitrogens with one attached hydrogen (secondary N) is 2. The zero-order valence-electron chi connectivity index (χ0n) is 18.2. The van der Waals surface area contributed by atoms with Crippen molar-refractivity contribution in [3.8, 4) is 0 Å². The second-order valence-corrected chi connectivity index (χ2v) is 10.7. The maximum Gasteiger partial charge on any atom is 0.261 e. The molecule has 9 nitrogen and oxygen atoms in total. The van der Waals surface area contributed by atoms with E-state index in [9.17, 15) is 26.4 Å². The highest BCUT2D eigenvalue weighted by Gasteiger charge is 2.23. The summed E-state index contributed by atoms with van der Waals surface area (Å²) in [5.74, 6) is -1.63. The molecular formula is C21H25FN4O5S2. The van der Waals surface area contributed by atoms with Gasteiger partial charge in [-0.3, -0.25) is 13.7 Å². The lowest BCUT2D eigenvalue weighted by Gasteiger charge is -2.23. The highest BCUT2D eigenvalue weighted by atomic mass is 32.2. The number of pyridine rings is 1. The predicted octanol–water partition coefficient (Wildman–Crippen LogP) is 3.42. The fraction of sp³-hybridized carbons (Fsp3) is 0.333. The predicted molar refractivity (Wildman–Crippen MR) is 127 cm³/mol. The average molecular weight is 497 g/mol. The van der Waals surface area contributed by atoms with Crippen LogP contribution in [-0.4, -0.2) is 51.1 Å². The Morgan fingerprint density at radius 3 is 2.76 bits per heavy atom. The van der Waals surface area contributed by atoms with Crippen LogP contribution in [-0.2, 0) is 21.1 Å². The minimum atomic E-state index is -3.26. The number of benzene rings is 1. The molecule has 33 heavy (non-hydrogen) atoms. The zero-order chi connectivity index (χ0) is 24.2. The van der Waals surface area contributed by atoms with E-state index in [0.29, 0.717) is 17.8 Å². The molecule has 3 N–H and O–H groups in total. The Morgan fingerprint density at radius 1 is 1.30 bits per heavy atom. The van der Waals surface area contributed by atoms with E-state index in [1.54, 1.807) is 25.3 Å². The van der Waals surface area contributed by atoms with Gasteiger partial charge in [-0.15, -0.1) is 0 Å². The van der Waals surface area contributed by atoms with Gasteiger partial charge in [-0.1, -0.05) is 6.92 Å². The number of nitrogens with zero attached hydrogens (tertiary/aromatic N) is 2. The number of rotatable bonds is 10. The quantitative estimate of drug-likeness (QED) is 0.369. The average Bonchev–Trinajstić information content (AvgIpc) is 3.19. The number of aromatic amines is 1. The van der Waals surface area contributed by atoms with Gasteiger partial charge in [0.15, 0.2) is 0 Å². The van der Waals surface area contributed by atoms with Crippen LogP contribution < -0.4 is 9.62 Å². The van der Waals surface area contributed by atoms with Crippen LogP contribution in [0.25, 0.3) is 11.0 Å². The number of H-pyrrole nitrogens is 1. The van der Waals surface area contributed by atoms with Crippen LogP contribution in [0.1, 0.15) is 35.7 Å². The van der Waals surface area contributed by atoms with E-state index < -0.39 is 32.8 Å². The summed E-state index contributed by atoms with van der Waals surface area (Å²) in [7, 11) is -3.26. The SMILES string of the molecule is CCCS(=O)(=O)CCCN(c1ccc(F)c(C(=O)Nc2cnc3[nH]ccc3c2)c1C)S(=O)O. The number of carbonyl (C=O) groups excluding carboxylic acids is 1. The zero-order valence-corrected chi connectivity index (χ0v) is 19.8. The first kappa shape index (κ1) is 24.8. The van der Waals surface area contributed by atoms with Crippen LogP contribution in [0.2, 0.25) is 0 Å². The molecule has 1 unspecified atom stereocenters. The molecule has 2 heterocycles. The summed E-state index contributed by atoms with van der Waals surface area (Å²) >= 11 is -2.50. The van der Waals surface area contributed by atoms with Gasteiger partial charge >= 0.3 is 0 Å². The second-order valence-electron chi connectivity index (χ2n) is 7.50. The minimum Gasteiger partial charge on any atom is -0.346 e. The van der Waals surface area contributed by atoms with Gasteiger partial charge in [0.25, 0.3) is 17.2 Å². The molecule has 1 aromatic carbocycles. The van der Waals surface area contributed by atoms with E-state index >= 15 is 0 Å². The molecule has 0 bridgehead atoms. The summed E-state index contributed by atoms with van der Waals surface area (Å²) in [6, 6.07) is 5.79. The Balaban J connectivity index is 1.84. The van der Waals surface area contributed by atoms with Crippen LogP contribution in [0, 0.1) is 12.7 Å². The molecule has 0 spiro atoms. The van der Waals surface area contributed by atoms with Crippen molar-refractivity contribution in [1.29, 1.82) is 0 Å². The Hall–Kier alpha value is -2.83. The summed E-state index contributed by atoms with van der Waals surface area (Å²) < 4.78 is 61.3. The summed E-state index contributed by atoms with van der Waals surface area (Å²) in [5.41, 5.74) is 1.03. The lowest BCUT2D eigenvalue weighted by atomic mass is 10.0. The number of carbonyl (C=O) groups is 1. The van der Waals surface area contributed by atoms with Crippen molar-refractivity contribution in [3.63, 3.8) is 0 Å². The molecule has 0 saturated carbocycles. The standard InChI is InChI=1S/C21H25FN4O5S2/c1-3-10-33(30,31)11-4-9-26(32(28)29)18-6-5-17(22)19(14(18)2)21(27)25-16-12-15-7-8-23-20(15)24-13-16/h5-8,12-13H,3-4,9-11H2,1-2H3,(H,23,24)(H,25,27)(H,28,29). The van der Waals surface area contributed by atoms with Gasteiger partial charge < -0.3 is 10.3 Å². The van der Waals surface area contributed by atoms with Gasteiger partial charge in [0.2, 0.25) is 0 Å². The third kappa shape index (κ3) is 5.95. The second kappa shape index (κ2) is 10.4. The monoisotopic (exact) mass is 496 g/mol. The highest BCUT2D eigenvalue weighted by Crippen LogP contribution is 2.28. The van der Waals surface area contributed by atoms with Crippen molar-refractivity contribution in [3.05, 3.63) is 53.6 Å². The summed E-state index contributed by atoms with van der Waals surface area (Å²) in [6.07, 6.45) is 3.72. The van der Waals surface area contributed by atoms with Crippen molar-refractivity contribution < 1.29 is 26.4 Å². The first-order chi connectivity index (χ1) is 15.6. The van der Waals surface area contributed by atoms with E-state index in [4.69, 9.17) is 0 Å². The molecule has 0 aliphatic carbocycles. The lowest BCUT2D eigenvalue weighted by molar-refractivity contribution is 0.102. The van der Waals surface area contributed by atoms with Crippen LogP contribution in [0.5, 0.6) is 0 Å². The fourth-order valence-electron chi connectivity index (χ4n) is 3.54. The molecule has 1 amide bonds. The number of hydrogen-bond donors (Lipinski definition) is 3. The number of halogens is 1. The molecule has 0 aliphatic heterocycles. The number of anilines is 2. The largest absolute Gasteiger partial charge is 0.346 e. The smallest absolute Gasteiger partial charge is 0.261 e. The van der Waals surface area contributed by atoms with Crippen molar-refractivity contribution in [2.24, 2.45) is 0 Å². The number of aromatic nitrogens is 2. The molecular weight excluding hydrogens is 471 g/mol. The van der Waals surface area contributed by atoms with Gasteiger partial charge in [0.1, 0.15) is 21.3 Å². The van der Waals surface area contributed by atoms with Crippen LogP contribution in [0.15, 0.2) is 36.7 Å². The van der Waals surface area contributed by atoms with Crippen LogP contribution in [0.3, 0.4) is 0 Å². The van der Waals surface area contributed by atoms with Crippen LogP contribution >= 0.6 is 0 Å². The van der Waals surface area contributed by atoms with Gasteiger partial charge in [-0.25, -0.2) is 22.0 Å². The molecule has 3 aromatic rings. The van der Waals surface area contributed by atoms with Crippen molar-refractivity contribution in [1.82, 2.24) is 9.97 Å². The molecule has 1 atom stereocenters. The minimum absolute atomic E-state index is 0.0402. The molecule has 0 radical (unpaired) electrons. The van der Waals surface area contributed by atoms with Crippen molar-refractivity contribution >= 4 is 49.4 Å². The van der Waals surface area contributed by atoms with Gasteiger partial charge in [-0.05, 0) is 49.6 Å². The third-order valence-electron chi connectivity index (χ3n) is 5.06. The maximum absolute atomic E-state index is 14.6. The molecule has 12 heteroatoms. The number of hydrogen-bond acceptors (Lipinski definition) is 5. The Labute approximate surface area is 193 Å². The Kier molecular flexibility index (Phi) is 7.82. The molecule has 178 valence electrons. The third-order valence-corrected chi connectivity index (χ3v) is 7.76. The summed E-state index contributed by atoms with van der Waals surface area (Å²) in [6.45, 7) is 3.16. The topological polar surface area (TPSA) is 132 Å². The van der Waals surface area contributed by atoms with E-state index in [2.05, 4.69) is 15.3 Å². The summed E-state index contributed by atoms with van der Waals surface area (Å²) in [5, 5.41) is 3.37. The molecule has 0 fully saturated rings. The number of amides is 1. The van der Waals surface area contributed by atoms with Gasteiger partial charge in [-0.2, -0.15) is 0 Å². The molecule has 0 aliphatic rings. The van der Waals surface area contributed by atoms with E-state index in [1.807, 2.05) is 0 Å². The maximum atomic E-state index is 14.6. The van der Waals surface area contributed by atoms with Gasteiger partial charge in [0, 0.05) is 23.9 Å². The Bertz CT molecular complexity index is 1290. The molecule has 3 rings (SSSR count). The highest BCUT2D eigenvalue weighted by molar-refractivity contribution is 7.91. The summed E-state index contributed by atoms with van der Waals surface area (Å²) in [4.78, 5) is 20.0. The normalized spacial score (nSPS) is 12.6. The lowest BCUT2D eigenvalue weighted by Crippen LogP contribution is -2.29. The van der Waals surface area contributed by atoms with Crippen molar-refractivity contribution in [2.45, 2.75) is 26.7 Å². The van der Waals surface area contributed by atoms with Gasteiger partial charge in [0.05, 0.1) is 28.9 Å². The Morgan fingerprint density at radius 2 is 2.06 bits per heavy atom. The number of fused-ring (bicyclic) bond motifs is 1. The molecule has 0 saturated heterocycles.